The Bertz CT molecular complexity index is 858. The molecule has 26 heavy (non-hydrogen) atoms. The van der Waals surface area contributed by atoms with E-state index < -0.39 is 0 Å². The Morgan fingerprint density at radius 1 is 1.00 bits per heavy atom. The number of carbonyl (C=O) groups excluding carboxylic acids is 1. The van der Waals surface area contributed by atoms with Crippen LogP contribution in [0.15, 0.2) is 60.2 Å². The molecule has 5 nitrogen and oxygen atoms in total. The number of pyridine rings is 1. The first-order chi connectivity index (χ1) is 12.8. The minimum atomic E-state index is 0.0904. The summed E-state index contributed by atoms with van der Waals surface area (Å²) >= 11 is 1.70. The maximum absolute atomic E-state index is 12.5. The Balaban J connectivity index is 1.33. The predicted octanol–water partition coefficient (Wildman–Crippen LogP) is 3.16. The van der Waals surface area contributed by atoms with Gasteiger partial charge in [0.2, 0.25) is 0 Å². The SMILES string of the molecule is O=C(c1ccncc1)N1CCN(Cc2nc(-c3ccccc3)cs2)CC1. The van der Waals surface area contributed by atoms with Crippen molar-refractivity contribution in [3.63, 3.8) is 0 Å². The molecule has 3 heterocycles. The van der Waals surface area contributed by atoms with Gasteiger partial charge >= 0.3 is 0 Å². The van der Waals surface area contributed by atoms with Crippen molar-refractivity contribution in [3.05, 3.63) is 70.8 Å². The van der Waals surface area contributed by atoms with Crippen molar-refractivity contribution in [1.29, 1.82) is 0 Å². The fraction of sp³-hybridized carbons (Fsp3) is 0.250. The lowest BCUT2D eigenvalue weighted by atomic mass is 10.2. The normalized spacial score (nSPS) is 15.2. The van der Waals surface area contributed by atoms with Gasteiger partial charge in [-0.3, -0.25) is 14.7 Å². The Kier molecular flexibility index (Phi) is 5.04. The Labute approximate surface area is 156 Å². The van der Waals surface area contributed by atoms with Gasteiger partial charge in [-0.2, -0.15) is 0 Å². The molecule has 0 atom stereocenters. The van der Waals surface area contributed by atoms with E-state index in [-0.39, 0.29) is 5.91 Å². The van der Waals surface area contributed by atoms with E-state index in [1.807, 2.05) is 23.1 Å². The zero-order valence-electron chi connectivity index (χ0n) is 14.4. The van der Waals surface area contributed by atoms with Gasteiger partial charge in [-0.15, -0.1) is 11.3 Å². The lowest BCUT2D eigenvalue weighted by Crippen LogP contribution is -2.48. The lowest BCUT2D eigenvalue weighted by molar-refractivity contribution is 0.0628. The van der Waals surface area contributed by atoms with Gasteiger partial charge < -0.3 is 4.90 Å². The number of carbonyl (C=O) groups is 1. The van der Waals surface area contributed by atoms with E-state index in [2.05, 4.69) is 27.4 Å². The van der Waals surface area contributed by atoms with Crippen molar-refractivity contribution in [2.45, 2.75) is 6.54 Å². The molecule has 0 radical (unpaired) electrons. The van der Waals surface area contributed by atoms with Gasteiger partial charge in [0.05, 0.1) is 12.2 Å². The number of hydrogen-bond acceptors (Lipinski definition) is 5. The van der Waals surface area contributed by atoms with Crippen molar-refractivity contribution in [2.24, 2.45) is 0 Å². The van der Waals surface area contributed by atoms with Crippen LogP contribution in [0.5, 0.6) is 0 Å². The van der Waals surface area contributed by atoms with Crippen LogP contribution < -0.4 is 0 Å². The van der Waals surface area contributed by atoms with Gasteiger partial charge in [-0.25, -0.2) is 4.98 Å². The van der Waals surface area contributed by atoms with Crippen LogP contribution in [-0.2, 0) is 6.54 Å². The van der Waals surface area contributed by atoms with Gasteiger partial charge in [0.15, 0.2) is 0 Å². The zero-order valence-corrected chi connectivity index (χ0v) is 15.2. The summed E-state index contributed by atoms with van der Waals surface area (Å²) in [6, 6.07) is 13.8. The number of rotatable bonds is 4. The van der Waals surface area contributed by atoms with Crippen LogP contribution in [-0.4, -0.2) is 51.9 Å². The summed E-state index contributed by atoms with van der Waals surface area (Å²) in [5, 5.41) is 3.24. The molecule has 2 aromatic heterocycles. The number of piperazine rings is 1. The lowest BCUT2D eigenvalue weighted by Gasteiger charge is -2.34. The maximum Gasteiger partial charge on any atom is 0.254 e. The smallest absolute Gasteiger partial charge is 0.254 e. The monoisotopic (exact) mass is 364 g/mol. The molecule has 0 N–H and O–H groups in total. The fourth-order valence-electron chi connectivity index (χ4n) is 3.10. The minimum absolute atomic E-state index is 0.0904. The molecule has 1 aliphatic heterocycles. The van der Waals surface area contributed by atoms with Crippen LogP contribution in [0.4, 0.5) is 0 Å². The molecule has 132 valence electrons. The molecule has 0 bridgehead atoms. The first-order valence-electron chi connectivity index (χ1n) is 8.71. The minimum Gasteiger partial charge on any atom is -0.336 e. The molecule has 4 rings (SSSR count). The molecule has 0 saturated carbocycles. The third-order valence-corrected chi connectivity index (χ3v) is 5.40. The highest BCUT2D eigenvalue weighted by Gasteiger charge is 2.22. The van der Waals surface area contributed by atoms with E-state index in [1.165, 1.54) is 0 Å². The molecule has 1 amide bonds. The standard InChI is InChI=1S/C20H20N4OS/c25-20(17-6-8-21-9-7-17)24-12-10-23(11-13-24)14-19-22-18(15-26-19)16-4-2-1-3-5-16/h1-9,15H,10-14H2. The number of aromatic nitrogens is 2. The van der Waals surface area contributed by atoms with E-state index in [1.54, 1.807) is 35.9 Å². The summed E-state index contributed by atoms with van der Waals surface area (Å²) in [6.45, 7) is 4.08. The topological polar surface area (TPSA) is 49.3 Å². The van der Waals surface area contributed by atoms with E-state index in [0.29, 0.717) is 5.56 Å². The molecular weight excluding hydrogens is 344 g/mol. The number of nitrogens with zero attached hydrogens (tertiary/aromatic N) is 4. The van der Waals surface area contributed by atoms with Crippen LogP contribution in [0.1, 0.15) is 15.4 Å². The molecule has 0 unspecified atom stereocenters. The van der Waals surface area contributed by atoms with Crippen molar-refractivity contribution in [3.8, 4) is 11.3 Å². The predicted molar refractivity (Wildman–Crippen MR) is 103 cm³/mol. The fourth-order valence-corrected chi connectivity index (χ4v) is 3.95. The van der Waals surface area contributed by atoms with Crippen LogP contribution in [0.2, 0.25) is 0 Å². The van der Waals surface area contributed by atoms with Gasteiger partial charge in [0.25, 0.3) is 5.91 Å². The van der Waals surface area contributed by atoms with Gasteiger partial charge in [0.1, 0.15) is 5.01 Å². The van der Waals surface area contributed by atoms with Crippen molar-refractivity contribution in [2.75, 3.05) is 26.2 Å². The molecule has 1 aliphatic rings. The highest BCUT2D eigenvalue weighted by molar-refractivity contribution is 7.09. The average molecular weight is 364 g/mol. The van der Waals surface area contributed by atoms with Gasteiger partial charge in [-0.05, 0) is 12.1 Å². The first kappa shape index (κ1) is 16.9. The summed E-state index contributed by atoms with van der Waals surface area (Å²) in [5.41, 5.74) is 2.90. The Morgan fingerprint density at radius 3 is 2.46 bits per heavy atom. The Hall–Kier alpha value is -2.57. The molecule has 6 heteroatoms. The summed E-state index contributed by atoms with van der Waals surface area (Å²) in [7, 11) is 0. The molecule has 0 aliphatic carbocycles. The quantitative estimate of drug-likeness (QED) is 0.714. The van der Waals surface area contributed by atoms with E-state index >= 15 is 0 Å². The molecular formula is C20H20N4OS. The molecule has 1 fully saturated rings. The number of benzene rings is 1. The first-order valence-corrected chi connectivity index (χ1v) is 9.59. The second-order valence-corrected chi connectivity index (χ2v) is 7.24. The van der Waals surface area contributed by atoms with Crippen molar-refractivity contribution in [1.82, 2.24) is 19.8 Å². The van der Waals surface area contributed by atoms with Crippen molar-refractivity contribution >= 4 is 17.2 Å². The summed E-state index contributed by atoms with van der Waals surface area (Å²) < 4.78 is 0. The number of amides is 1. The Morgan fingerprint density at radius 2 is 1.73 bits per heavy atom. The van der Waals surface area contributed by atoms with Crippen LogP contribution in [0.25, 0.3) is 11.3 Å². The van der Waals surface area contributed by atoms with E-state index in [0.717, 1.165) is 49.0 Å². The molecule has 1 aromatic carbocycles. The second kappa shape index (κ2) is 7.76. The van der Waals surface area contributed by atoms with Crippen molar-refractivity contribution < 1.29 is 4.79 Å². The van der Waals surface area contributed by atoms with Gasteiger partial charge in [-0.1, -0.05) is 30.3 Å². The number of thiazole rings is 1. The van der Waals surface area contributed by atoms with Crippen LogP contribution in [0.3, 0.4) is 0 Å². The van der Waals surface area contributed by atoms with Crippen LogP contribution in [0, 0.1) is 0 Å². The number of hydrogen-bond donors (Lipinski definition) is 0. The third-order valence-electron chi connectivity index (χ3n) is 4.57. The highest BCUT2D eigenvalue weighted by Crippen LogP contribution is 2.22. The largest absolute Gasteiger partial charge is 0.336 e. The highest BCUT2D eigenvalue weighted by atomic mass is 32.1. The average Bonchev–Trinajstić information content (AvgIpc) is 3.18. The zero-order chi connectivity index (χ0) is 17.8. The third kappa shape index (κ3) is 3.81. The summed E-state index contributed by atoms with van der Waals surface area (Å²) in [4.78, 5) is 25.5. The van der Waals surface area contributed by atoms with Gasteiger partial charge in [0, 0.05) is 55.1 Å². The summed E-state index contributed by atoms with van der Waals surface area (Å²) in [6.07, 6.45) is 3.33. The molecule has 0 spiro atoms. The van der Waals surface area contributed by atoms with E-state index in [4.69, 9.17) is 4.98 Å². The maximum atomic E-state index is 12.5. The molecule has 3 aromatic rings. The van der Waals surface area contributed by atoms with Crippen LogP contribution >= 0.6 is 11.3 Å². The second-order valence-electron chi connectivity index (χ2n) is 6.30. The molecule has 1 saturated heterocycles. The van der Waals surface area contributed by atoms with E-state index in [9.17, 15) is 4.79 Å². The summed E-state index contributed by atoms with van der Waals surface area (Å²) in [5.74, 6) is 0.0904.